The molecule has 0 heterocycles. The highest BCUT2D eigenvalue weighted by Gasteiger charge is 2.33. The summed E-state index contributed by atoms with van der Waals surface area (Å²) in [6.07, 6.45) is -2.07. The lowest BCUT2D eigenvalue weighted by Gasteiger charge is -2.12. The fraction of sp³-hybridized carbons (Fsp3) is 0.455. The quantitative estimate of drug-likeness (QED) is 0.783. The lowest BCUT2D eigenvalue weighted by atomic mass is 10.1. The Hall–Kier alpha value is -1.39. The van der Waals surface area contributed by atoms with Gasteiger partial charge in [0.15, 0.2) is 0 Å². The highest BCUT2D eigenvalue weighted by atomic mass is 19.4. The number of halogens is 3. The van der Waals surface area contributed by atoms with Crippen molar-refractivity contribution in [1.82, 2.24) is 0 Å². The molecule has 1 aliphatic carbocycles. The third-order valence-electron chi connectivity index (χ3n) is 2.65. The third kappa shape index (κ3) is 2.59. The Bertz CT molecular complexity index is 383. The average molecular weight is 230 g/mol. The van der Waals surface area contributed by atoms with Gasteiger partial charge in [0.1, 0.15) is 0 Å². The highest BCUT2D eigenvalue weighted by molar-refractivity contribution is 5.58. The first-order chi connectivity index (χ1) is 7.47. The van der Waals surface area contributed by atoms with Crippen molar-refractivity contribution >= 4 is 11.4 Å². The molecule has 5 heteroatoms. The summed E-state index contributed by atoms with van der Waals surface area (Å²) in [7, 11) is 0. The molecule has 1 saturated carbocycles. The van der Waals surface area contributed by atoms with Crippen molar-refractivity contribution < 1.29 is 13.2 Å². The van der Waals surface area contributed by atoms with Gasteiger partial charge in [0.25, 0.3) is 0 Å². The largest absolute Gasteiger partial charge is 0.418 e. The van der Waals surface area contributed by atoms with Crippen molar-refractivity contribution in [1.29, 1.82) is 0 Å². The van der Waals surface area contributed by atoms with Crippen molar-refractivity contribution in [2.24, 2.45) is 5.92 Å². The predicted octanol–water partition coefficient (Wildman–Crippen LogP) is 3.11. The second kappa shape index (κ2) is 3.88. The summed E-state index contributed by atoms with van der Waals surface area (Å²) in [4.78, 5) is 0. The summed E-state index contributed by atoms with van der Waals surface area (Å²) >= 11 is 0. The molecular formula is C11H13F3N2. The first-order valence-corrected chi connectivity index (χ1v) is 5.17. The van der Waals surface area contributed by atoms with E-state index in [1.807, 2.05) is 0 Å². The zero-order chi connectivity index (χ0) is 11.8. The maximum atomic E-state index is 12.5. The Morgan fingerprint density at radius 1 is 1.31 bits per heavy atom. The molecular weight excluding hydrogens is 217 g/mol. The summed E-state index contributed by atoms with van der Waals surface area (Å²) in [5.74, 6) is 0.617. The van der Waals surface area contributed by atoms with E-state index in [0.717, 1.165) is 25.5 Å². The number of nitrogens with one attached hydrogen (secondary N) is 1. The minimum Gasteiger partial charge on any atom is -0.398 e. The van der Waals surface area contributed by atoms with E-state index in [0.29, 0.717) is 11.6 Å². The summed E-state index contributed by atoms with van der Waals surface area (Å²) in [5, 5.41) is 2.99. The number of hydrogen-bond acceptors (Lipinski definition) is 2. The average Bonchev–Trinajstić information content (AvgIpc) is 2.98. The number of rotatable bonds is 3. The van der Waals surface area contributed by atoms with Gasteiger partial charge in [-0.1, -0.05) is 0 Å². The fourth-order valence-corrected chi connectivity index (χ4v) is 1.50. The van der Waals surface area contributed by atoms with Gasteiger partial charge in [0, 0.05) is 17.9 Å². The molecule has 2 nitrogen and oxygen atoms in total. The van der Waals surface area contributed by atoms with Crippen molar-refractivity contribution in [3.05, 3.63) is 23.8 Å². The van der Waals surface area contributed by atoms with Gasteiger partial charge in [-0.15, -0.1) is 0 Å². The Morgan fingerprint density at radius 2 is 2.00 bits per heavy atom. The second-order valence-corrected chi connectivity index (χ2v) is 4.12. The van der Waals surface area contributed by atoms with E-state index < -0.39 is 11.7 Å². The topological polar surface area (TPSA) is 38.0 Å². The van der Waals surface area contributed by atoms with Crippen LogP contribution in [0, 0.1) is 5.92 Å². The minimum atomic E-state index is -4.39. The molecule has 1 aromatic rings. The first kappa shape index (κ1) is 11.1. The van der Waals surface area contributed by atoms with E-state index in [1.165, 1.54) is 6.07 Å². The van der Waals surface area contributed by atoms with Gasteiger partial charge in [0.2, 0.25) is 0 Å². The summed E-state index contributed by atoms with van der Waals surface area (Å²) < 4.78 is 37.6. The van der Waals surface area contributed by atoms with Crippen molar-refractivity contribution in [3.63, 3.8) is 0 Å². The summed E-state index contributed by atoms with van der Waals surface area (Å²) in [5.41, 5.74) is 4.77. The second-order valence-electron chi connectivity index (χ2n) is 4.12. The monoisotopic (exact) mass is 230 g/mol. The van der Waals surface area contributed by atoms with E-state index in [2.05, 4.69) is 5.32 Å². The zero-order valence-electron chi connectivity index (χ0n) is 8.64. The SMILES string of the molecule is Nc1ccc(NCC2CC2)cc1C(F)(F)F. The van der Waals surface area contributed by atoms with Gasteiger partial charge < -0.3 is 11.1 Å². The Morgan fingerprint density at radius 3 is 2.56 bits per heavy atom. The molecule has 3 N–H and O–H groups in total. The molecule has 0 aromatic heterocycles. The minimum absolute atomic E-state index is 0.232. The van der Waals surface area contributed by atoms with Crippen LogP contribution in [0.4, 0.5) is 24.5 Å². The molecule has 0 amide bonds. The Kier molecular flexibility index (Phi) is 2.69. The van der Waals surface area contributed by atoms with Crippen LogP contribution in [0.15, 0.2) is 18.2 Å². The van der Waals surface area contributed by atoms with Crippen LogP contribution in [0.1, 0.15) is 18.4 Å². The molecule has 1 aromatic carbocycles. The number of anilines is 2. The molecule has 0 atom stereocenters. The van der Waals surface area contributed by atoms with Gasteiger partial charge in [-0.2, -0.15) is 13.2 Å². The van der Waals surface area contributed by atoms with Crippen LogP contribution in [0.25, 0.3) is 0 Å². The smallest absolute Gasteiger partial charge is 0.398 e. The van der Waals surface area contributed by atoms with Crippen LogP contribution >= 0.6 is 0 Å². The maximum Gasteiger partial charge on any atom is 0.418 e. The number of nitrogens with two attached hydrogens (primary N) is 1. The molecule has 1 fully saturated rings. The molecule has 16 heavy (non-hydrogen) atoms. The maximum absolute atomic E-state index is 12.5. The predicted molar refractivity (Wildman–Crippen MR) is 57.1 cm³/mol. The fourth-order valence-electron chi connectivity index (χ4n) is 1.50. The molecule has 0 spiro atoms. The van der Waals surface area contributed by atoms with Crippen LogP contribution in [0.2, 0.25) is 0 Å². The molecule has 0 unspecified atom stereocenters. The van der Waals surface area contributed by atoms with Gasteiger partial charge in [0.05, 0.1) is 5.56 Å². The molecule has 2 rings (SSSR count). The van der Waals surface area contributed by atoms with Crippen LogP contribution in [0.5, 0.6) is 0 Å². The third-order valence-corrected chi connectivity index (χ3v) is 2.65. The normalized spacial score (nSPS) is 16.2. The zero-order valence-corrected chi connectivity index (χ0v) is 8.64. The summed E-state index contributed by atoms with van der Waals surface area (Å²) in [6, 6.07) is 3.93. The van der Waals surface area contributed by atoms with Gasteiger partial charge in [-0.05, 0) is 37.0 Å². The molecule has 0 radical (unpaired) electrons. The molecule has 88 valence electrons. The van der Waals surface area contributed by atoms with E-state index in [4.69, 9.17) is 5.73 Å². The Balaban J connectivity index is 2.13. The van der Waals surface area contributed by atoms with Gasteiger partial charge in [-0.25, -0.2) is 0 Å². The highest BCUT2D eigenvalue weighted by Crippen LogP contribution is 2.35. The van der Waals surface area contributed by atoms with E-state index >= 15 is 0 Å². The number of benzene rings is 1. The lowest BCUT2D eigenvalue weighted by molar-refractivity contribution is -0.136. The number of alkyl halides is 3. The molecule has 0 aliphatic heterocycles. The molecule has 1 aliphatic rings. The van der Waals surface area contributed by atoms with Gasteiger partial charge >= 0.3 is 6.18 Å². The van der Waals surface area contributed by atoms with E-state index in [9.17, 15) is 13.2 Å². The lowest BCUT2D eigenvalue weighted by Crippen LogP contribution is -2.10. The molecule has 0 bridgehead atoms. The van der Waals surface area contributed by atoms with Crippen LogP contribution < -0.4 is 11.1 Å². The molecule has 0 saturated heterocycles. The Labute approximate surface area is 91.6 Å². The van der Waals surface area contributed by atoms with E-state index in [1.54, 1.807) is 6.07 Å². The van der Waals surface area contributed by atoms with E-state index in [-0.39, 0.29) is 5.69 Å². The van der Waals surface area contributed by atoms with Crippen LogP contribution in [0.3, 0.4) is 0 Å². The number of nitrogen functional groups attached to an aromatic ring is 1. The van der Waals surface area contributed by atoms with Gasteiger partial charge in [-0.3, -0.25) is 0 Å². The van der Waals surface area contributed by atoms with Crippen molar-refractivity contribution in [3.8, 4) is 0 Å². The van der Waals surface area contributed by atoms with Crippen molar-refractivity contribution in [2.75, 3.05) is 17.6 Å². The first-order valence-electron chi connectivity index (χ1n) is 5.17. The van der Waals surface area contributed by atoms with Crippen molar-refractivity contribution in [2.45, 2.75) is 19.0 Å². The van der Waals surface area contributed by atoms with Crippen LogP contribution in [-0.2, 0) is 6.18 Å². The standard InChI is InChI=1S/C11H13F3N2/c12-11(13,14)9-5-8(3-4-10(9)15)16-6-7-1-2-7/h3-5,7,16H,1-2,6,15H2. The number of hydrogen-bond donors (Lipinski definition) is 2. The van der Waals surface area contributed by atoms with Crippen LogP contribution in [-0.4, -0.2) is 6.54 Å². The summed E-state index contributed by atoms with van der Waals surface area (Å²) in [6.45, 7) is 0.737.